The molecule has 0 aromatic carbocycles. The maximum Gasteiger partial charge on any atom is 0.333 e. The summed E-state index contributed by atoms with van der Waals surface area (Å²) in [6.07, 6.45) is 7.96. The van der Waals surface area contributed by atoms with Crippen LogP contribution < -0.4 is 10.1 Å². The molecule has 0 radical (unpaired) electrons. The number of nitrogens with one attached hydrogen (secondary N) is 1. The number of hydrogen-bond acceptors (Lipinski definition) is 6. The van der Waals surface area contributed by atoms with Crippen molar-refractivity contribution in [2.75, 3.05) is 5.32 Å². The van der Waals surface area contributed by atoms with Crippen molar-refractivity contribution in [1.29, 1.82) is 5.26 Å². The van der Waals surface area contributed by atoms with Crippen molar-refractivity contribution < 1.29 is 18.3 Å². The number of carbonyl (C=O) groups excluding carboxylic acids is 1. The molecule has 0 aliphatic carbocycles. The van der Waals surface area contributed by atoms with Gasteiger partial charge in [-0.05, 0) is 24.3 Å². The number of aromatic nitrogens is 5. The summed E-state index contributed by atoms with van der Waals surface area (Å²) in [5.41, 5.74) is 1.59. The number of nitrogens with zero attached hydrogens (tertiary/aromatic N) is 6. The molecule has 1 amide bonds. The summed E-state index contributed by atoms with van der Waals surface area (Å²) in [4.78, 5) is 15.5. The second-order valence-electron chi connectivity index (χ2n) is 6.22. The van der Waals surface area contributed by atoms with Gasteiger partial charge in [-0.2, -0.15) is 24.2 Å². The quantitative estimate of drug-likeness (QED) is 0.475. The van der Waals surface area contributed by atoms with Crippen molar-refractivity contribution in [2.24, 2.45) is 0 Å². The van der Waals surface area contributed by atoms with Crippen molar-refractivity contribution in [1.82, 2.24) is 24.4 Å². The molecule has 0 saturated heterocycles. The summed E-state index contributed by atoms with van der Waals surface area (Å²) < 4.78 is 33.6. The Labute approximate surface area is 173 Å². The van der Waals surface area contributed by atoms with E-state index >= 15 is 0 Å². The Morgan fingerprint density at radius 1 is 1.23 bits per heavy atom. The molecule has 4 heterocycles. The predicted molar refractivity (Wildman–Crippen MR) is 106 cm³/mol. The number of halogens is 2. The number of carbonyl (C=O) groups is 1. The molecule has 0 bridgehead atoms. The molecule has 4 rings (SSSR count). The zero-order chi connectivity index (χ0) is 22.0. The number of fused-ring (bicyclic) bond motifs is 1. The van der Waals surface area contributed by atoms with Crippen LogP contribution in [0.25, 0.3) is 16.6 Å². The summed E-state index contributed by atoms with van der Waals surface area (Å²) in [6, 6.07) is 6.74. The van der Waals surface area contributed by atoms with E-state index in [4.69, 9.17) is 4.74 Å². The third-order valence-corrected chi connectivity index (χ3v) is 4.23. The summed E-state index contributed by atoms with van der Waals surface area (Å²) in [6.45, 7) is 0.599. The fraction of sp³-hybridized carbons (Fsp3) is 0.0500. The minimum absolute atomic E-state index is 0.265. The molecule has 9 nitrogen and oxygen atoms in total. The van der Waals surface area contributed by atoms with E-state index in [1.165, 1.54) is 35.4 Å². The number of anilines is 1. The van der Waals surface area contributed by atoms with E-state index in [1.54, 1.807) is 18.3 Å². The highest BCUT2D eigenvalue weighted by Crippen LogP contribution is 2.33. The Kier molecular flexibility index (Phi) is 5.11. The van der Waals surface area contributed by atoms with Gasteiger partial charge in [-0.1, -0.05) is 6.58 Å². The molecule has 0 aliphatic heterocycles. The predicted octanol–water partition coefficient (Wildman–Crippen LogP) is 3.78. The lowest BCUT2D eigenvalue weighted by Crippen LogP contribution is -2.08. The largest absolute Gasteiger partial charge is 0.453 e. The molecule has 4 aromatic heterocycles. The van der Waals surface area contributed by atoms with Crippen LogP contribution in [0.5, 0.6) is 11.5 Å². The van der Waals surface area contributed by atoms with E-state index in [1.807, 2.05) is 6.07 Å². The molecule has 11 heteroatoms. The van der Waals surface area contributed by atoms with Crippen LogP contribution in [0, 0.1) is 11.3 Å². The second-order valence-corrected chi connectivity index (χ2v) is 6.22. The number of ether oxygens (including phenoxy) is 1. The molecule has 154 valence electrons. The molecule has 0 saturated carbocycles. The zero-order valence-corrected chi connectivity index (χ0v) is 15.7. The first kappa shape index (κ1) is 19.7. The summed E-state index contributed by atoms with van der Waals surface area (Å²) in [7, 11) is 0. The Morgan fingerprint density at radius 2 is 2.06 bits per heavy atom. The molecule has 0 aliphatic rings. The second kappa shape index (κ2) is 8.03. The molecule has 0 fully saturated rings. The van der Waals surface area contributed by atoms with Gasteiger partial charge in [0.1, 0.15) is 28.7 Å². The fourth-order valence-electron chi connectivity index (χ4n) is 2.81. The molecule has 4 aromatic rings. The van der Waals surface area contributed by atoms with Gasteiger partial charge >= 0.3 is 6.55 Å². The average molecular weight is 421 g/mol. The molecule has 0 atom stereocenters. The lowest BCUT2D eigenvalue weighted by molar-refractivity contribution is -0.111. The number of nitriles is 1. The zero-order valence-electron chi connectivity index (χ0n) is 15.7. The molecule has 0 unspecified atom stereocenters. The van der Waals surface area contributed by atoms with Crippen LogP contribution in [0.1, 0.15) is 12.1 Å². The molecule has 0 spiro atoms. The number of amides is 1. The van der Waals surface area contributed by atoms with E-state index in [-0.39, 0.29) is 11.3 Å². The van der Waals surface area contributed by atoms with Crippen molar-refractivity contribution in [3.8, 4) is 28.7 Å². The van der Waals surface area contributed by atoms with Crippen molar-refractivity contribution in [3.63, 3.8) is 0 Å². The first-order chi connectivity index (χ1) is 15.0. The molecular weight excluding hydrogens is 408 g/mol. The summed E-state index contributed by atoms with van der Waals surface area (Å²) in [5, 5.41) is 19.7. The highest BCUT2D eigenvalue weighted by Gasteiger charge is 2.16. The average Bonchev–Trinajstić information content (AvgIpc) is 3.42. The van der Waals surface area contributed by atoms with Gasteiger partial charge in [0.2, 0.25) is 5.91 Å². The molecule has 31 heavy (non-hydrogen) atoms. The summed E-state index contributed by atoms with van der Waals surface area (Å²) in [5.74, 6) is 0.487. The Bertz CT molecular complexity index is 1320. The van der Waals surface area contributed by atoms with Gasteiger partial charge in [-0.15, -0.1) is 0 Å². The van der Waals surface area contributed by atoms with Crippen molar-refractivity contribution in [3.05, 3.63) is 67.4 Å². The topological polar surface area (TPSA) is 110 Å². The van der Waals surface area contributed by atoms with Crippen LogP contribution in [0.15, 0.2) is 61.8 Å². The van der Waals surface area contributed by atoms with Gasteiger partial charge in [-0.25, -0.2) is 14.2 Å². The van der Waals surface area contributed by atoms with Crippen molar-refractivity contribution >= 4 is 17.2 Å². The Morgan fingerprint density at radius 3 is 2.71 bits per heavy atom. The van der Waals surface area contributed by atoms with Gasteiger partial charge in [-0.3, -0.25) is 4.79 Å². The van der Waals surface area contributed by atoms with Crippen molar-refractivity contribution in [2.45, 2.75) is 6.55 Å². The van der Waals surface area contributed by atoms with Crippen LogP contribution in [0.4, 0.5) is 14.6 Å². The SMILES string of the molecule is C=CC(=O)Nc1ccc(Oc2cc(-c3cnn(C(F)F)c3)cn3ncc(C#N)c23)cn1. The van der Waals surface area contributed by atoms with E-state index in [9.17, 15) is 18.8 Å². The van der Waals surface area contributed by atoms with Crippen LogP contribution in [0.3, 0.4) is 0 Å². The minimum atomic E-state index is -2.77. The number of alkyl halides is 2. The van der Waals surface area contributed by atoms with Gasteiger partial charge < -0.3 is 10.1 Å². The van der Waals surface area contributed by atoms with E-state index in [0.29, 0.717) is 32.9 Å². The number of rotatable bonds is 6. The smallest absolute Gasteiger partial charge is 0.333 e. The summed E-state index contributed by atoms with van der Waals surface area (Å²) >= 11 is 0. The van der Waals surface area contributed by atoms with E-state index < -0.39 is 12.5 Å². The number of hydrogen-bond donors (Lipinski definition) is 1. The number of pyridine rings is 2. The normalized spacial score (nSPS) is 10.8. The standard InChI is InChI=1S/C20H13F2N7O2/c1-2-18(30)27-17-4-3-15(9-24-17)31-16-5-12(14-8-26-29(11-14)20(21)22)10-28-19(16)13(6-23)7-25-28/h2-5,7-11,20H,1H2,(H,24,27,30). The van der Waals surface area contributed by atoms with Gasteiger partial charge in [0.05, 0.1) is 18.6 Å². The first-order valence-corrected chi connectivity index (χ1v) is 8.80. The lowest BCUT2D eigenvalue weighted by atomic mass is 10.1. The maximum atomic E-state index is 12.9. The molecule has 1 N–H and O–H groups in total. The Balaban J connectivity index is 1.73. The Hall–Kier alpha value is -4.59. The third-order valence-electron chi connectivity index (χ3n) is 4.23. The maximum absolute atomic E-state index is 12.9. The monoisotopic (exact) mass is 421 g/mol. The van der Waals surface area contributed by atoms with Crippen LogP contribution in [-0.2, 0) is 4.79 Å². The van der Waals surface area contributed by atoms with E-state index in [2.05, 4.69) is 27.1 Å². The van der Waals surface area contributed by atoms with Crippen LogP contribution >= 0.6 is 0 Å². The third kappa shape index (κ3) is 3.95. The highest BCUT2D eigenvalue weighted by atomic mass is 19.3. The van der Waals surface area contributed by atoms with E-state index in [0.717, 1.165) is 6.08 Å². The fourth-order valence-corrected chi connectivity index (χ4v) is 2.81. The molecular formula is C20H13F2N7O2. The highest BCUT2D eigenvalue weighted by molar-refractivity contribution is 5.98. The first-order valence-electron chi connectivity index (χ1n) is 8.80. The van der Waals surface area contributed by atoms with Crippen LogP contribution in [-0.4, -0.2) is 30.3 Å². The lowest BCUT2D eigenvalue weighted by Gasteiger charge is -2.10. The van der Waals surface area contributed by atoms with Gasteiger partial charge in [0.25, 0.3) is 0 Å². The minimum Gasteiger partial charge on any atom is -0.453 e. The van der Waals surface area contributed by atoms with Gasteiger partial charge in [0, 0.05) is 23.5 Å². The van der Waals surface area contributed by atoms with Gasteiger partial charge in [0.15, 0.2) is 5.75 Å². The van der Waals surface area contributed by atoms with Crippen LogP contribution in [0.2, 0.25) is 0 Å².